The summed E-state index contributed by atoms with van der Waals surface area (Å²) in [5, 5.41) is 4.70. The number of amides is 1. The van der Waals surface area contributed by atoms with Crippen molar-refractivity contribution in [3.05, 3.63) is 21.9 Å². The van der Waals surface area contributed by atoms with Crippen LogP contribution in [0.15, 0.2) is 11.4 Å². The van der Waals surface area contributed by atoms with Gasteiger partial charge in [0, 0.05) is 30.6 Å². The molecule has 2 heterocycles. The second-order valence-electron chi connectivity index (χ2n) is 5.35. The monoisotopic (exact) mass is 336 g/mol. The minimum atomic E-state index is -4.40. The van der Waals surface area contributed by atoms with Crippen molar-refractivity contribution in [2.75, 3.05) is 26.3 Å². The Morgan fingerprint density at radius 2 is 2.32 bits per heavy atom. The molecule has 0 fully saturated rings. The van der Waals surface area contributed by atoms with Crippen molar-refractivity contribution in [2.45, 2.75) is 32.1 Å². The van der Waals surface area contributed by atoms with Gasteiger partial charge in [0.25, 0.3) is 0 Å². The van der Waals surface area contributed by atoms with Crippen LogP contribution in [0.1, 0.15) is 17.4 Å². The van der Waals surface area contributed by atoms with E-state index in [-0.39, 0.29) is 6.04 Å². The van der Waals surface area contributed by atoms with Crippen LogP contribution in [-0.4, -0.2) is 49.3 Å². The highest BCUT2D eigenvalue weighted by atomic mass is 32.1. The number of hydrogen-bond donors (Lipinski definition) is 1. The molecule has 1 N–H and O–H groups in total. The summed E-state index contributed by atoms with van der Waals surface area (Å²) in [6.07, 6.45) is -3.40. The number of halogens is 3. The zero-order valence-corrected chi connectivity index (χ0v) is 13.1. The van der Waals surface area contributed by atoms with Gasteiger partial charge in [-0.2, -0.15) is 13.2 Å². The molecule has 1 aliphatic heterocycles. The lowest BCUT2D eigenvalue weighted by Crippen LogP contribution is -2.44. The van der Waals surface area contributed by atoms with E-state index in [1.165, 1.54) is 10.4 Å². The molecule has 0 bridgehead atoms. The third-order valence-corrected chi connectivity index (χ3v) is 4.58. The molecule has 8 heteroatoms. The van der Waals surface area contributed by atoms with E-state index < -0.39 is 25.3 Å². The molecule has 1 aliphatic rings. The molecule has 1 amide bonds. The maximum absolute atomic E-state index is 11.9. The van der Waals surface area contributed by atoms with Crippen LogP contribution in [0.4, 0.5) is 13.2 Å². The van der Waals surface area contributed by atoms with Gasteiger partial charge in [-0.05, 0) is 30.4 Å². The fourth-order valence-corrected chi connectivity index (χ4v) is 3.24. The number of nitrogens with zero attached hydrogens (tertiary/aromatic N) is 1. The van der Waals surface area contributed by atoms with Crippen LogP contribution in [-0.2, 0) is 22.5 Å². The predicted octanol–water partition coefficient (Wildman–Crippen LogP) is 2.19. The van der Waals surface area contributed by atoms with Crippen molar-refractivity contribution in [3.8, 4) is 0 Å². The topological polar surface area (TPSA) is 41.6 Å². The van der Waals surface area contributed by atoms with Crippen LogP contribution in [0, 0.1) is 0 Å². The molecule has 22 heavy (non-hydrogen) atoms. The molecule has 4 nitrogen and oxygen atoms in total. The molecule has 0 saturated heterocycles. The third-order valence-electron chi connectivity index (χ3n) is 3.55. The number of carbonyl (C=O) groups is 1. The lowest BCUT2D eigenvalue weighted by Gasteiger charge is -2.32. The van der Waals surface area contributed by atoms with Crippen LogP contribution < -0.4 is 5.32 Å². The molecule has 1 aromatic rings. The molecule has 0 unspecified atom stereocenters. The Balaban J connectivity index is 1.67. The van der Waals surface area contributed by atoms with Gasteiger partial charge in [0.05, 0.1) is 0 Å². The van der Waals surface area contributed by atoms with E-state index in [9.17, 15) is 18.0 Å². The smallest absolute Gasteiger partial charge is 0.362 e. The van der Waals surface area contributed by atoms with Crippen molar-refractivity contribution < 1.29 is 22.7 Å². The van der Waals surface area contributed by atoms with Crippen molar-refractivity contribution in [3.63, 3.8) is 0 Å². The van der Waals surface area contributed by atoms with Gasteiger partial charge in [0.15, 0.2) is 0 Å². The van der Waals surface area contributed by atoms with Gasteiger partial charge in [0.2, 0.25) is 5.91 Å². The van der Waals surface area contributed by atoms with Gasteiger partial charge in [-0.1, -0.05) is 0 Å². The summed E-state index contributed by atoms with van der Waals surface area (Å²) in [5.74, 6) is -0.524. The first kappa shape index (κ1) is 17.2. The second kappa shape index (κ2) is 7.43. The number of ether oxygens (including phenoxy) is 1. The summed E-state index contributed by atoms with van der Waals surface area (Å²) in [4.78, 5) is 15.1. The number of rotatable bonds is 6. The number of nitrogens with one attached hydrogen (secondary N) is 1. The molecule has 0 radical (unpaired) electrons. The zero-order chi connectivity index (χ0) is 16.2. The van der Waals surface area contributed by atoms with E-state index in [4.69, 9.17) is 0 Å². The van der Waals surface area contributed by atoms with Crippen molar-refractivity contribution >= 4 is 17.2 Å². The largest absolute Gasteiger partial charge is 0.411 e. The molecule has 1 atom stereocenters. The Hall–Kier alpha value is -1.12. The van der Waals surface area contributed by atoms with E-state index >= 15 is 0 Å². The van der Waals surface area contributed by atoms with E-state index in [2.05, 4.69) is 26.4 Å². The van der Waals surface area contributed by atoms with Crippen molar-refractivity contribution in [1.82, 2.24) is 10.2 Å². The first-order valence-corrected chi connectivity index (χ1v) is 7.93. The van der Waals surface area contributed by atoms with E-state index in [0.717, 1.165) is 19.5 Å². The first-order chi connectivity index (χ1) is 10.3. The average Bonchev–Trinajstić information content (AvgIpc) is 2.90. The molecule has 0 saturated carbocycles. The summed E-state index contributed by atoms with van der Waals surface area (Å²) in [7, 11) is 0. The fraction of sp³-hybridized carbons (Fsp3) is 0.643. The Labute approximate surface area is 131 Å². The second-order valence-corrected chi connectivity index (χ2v) is 6.35. The Bertz CT molecular complexity index is 505. The van der Waals surface area contributed by atoms with E-state index in [1.54, 1.807) is 11.3 Å². The zero-order valence-electron chi connectivity index (χ0n) is 12.3. The average molecular weight is 336 g/mol. The molecular formula is C14H19F3N2O2S. The normalized spacial score (nSPS) is 17.1. The summed E-state index contributed by atoms with van der Waals surface area (Å²) < 4.78 is 40.0. The van der Waals surface area contributed by atoms with Gasteiger partial charge in [0.1, 0.15) is 13.2 Å². The van der Waals surface area contributed by atoms with E-state index in [0.29, 0.717) is 6.54 Å². The number of carbonyl (C=O) groups excluding carboxylic acids is 1. The highest BCUT2D eigenvalue weighted by Gasteiger charge is 2.28. The van der Waals surface area contributed by atoms with Gasteiger partial charge in [-0.25, -0.2) is 0 Å². The van der Waals surface area contributed by atoms with Crippen LogP contribution in [0.5, 0.6) is 0 Å². The highest BCUT2D eigenvalue weighted by molar-refractivity contribution is 7.10. The maximum Gasteiger partial charge on any atom is 0.411 e. The maximum atomic E-state index is 11.9. The number of hydrogen-bond acceptors (Lipinski definition) is 4. The van der Waals surface area contributed by atoms with Gasteiger partial charge >= 0.3 is 6.18 Å². The highest BCUT2D eigenvalue weighted by Crippen LogP contribution is 2.24. The van der Waals surface area contributed by atoms with Crippen LogP contribution >= 0.6 is 11.3 Å². The minimum Gasteiger partial charge on any atom is -0.362 e. The van der Waals surface area contributed by atoms with Crippen LogP contribution in [0.25, 0.3) is 0 Å². The number of fused-ring (bicyclic) bond motifs is 1. The molecule has 0 spiro atoms. The number of alkyl halides is 3. The predicted molar refractivity (Wildman–Crippen MR) is 77.8 cm³/mol. The lowest BCUT2D eigenvalue weighted by atomic mass is 10.1. The summed E-state index contributed by atoms with van der Waals surface area (Å²) in [6, 6.07) is 2.24. The molecule has 0 aliphatic carbocycles. The molecule has 124 valence electrons. The van der Waals surface area contributed by atoms with Gasteiger partial charge < -0.3 is 10.1 Å². The minimum absolute atomic E-state index is 0.125. The first-order valence-electron chi connectivity index (χ1n) is 7.05. The molecular weight excluding hydrogens is 317 g/mol. The van der Waals surface area contributed by atoms with Gasteiger partial charge in [-0.15, -0.1) is 11.3 Å². The fourth-order valence-electron chi connectivity index (χ4n) is 2.35. The van der Waals surface area contributed by atoms with Crippen LogP contribution in [0.2, 0.25) is 0 Å². The SMILES string of the molecule is C[C@@H](CNC(=O)COCC(F)(F)F)N1CCc2sccc2C1. The Morgan fingerprint density at radius 3 is 3.05 bits per heavy atom. The quantitative estimate of drug-likeness (QED) is 0.866. The Morgan fingerprint density at radius 1 is 1.55 bits per heavy atom. The summed E-state index contributed by atoms with van der Waals surface area (Å²) >= 11 is 1.76. The van der Waals surface area contributed by atoms with E-state index in [1.807, 2.05) is 6.92 Å². The van der Waals surface area contributed by atoms with Crippen molar-refractivity contribution in [2.24, 2.45) is 0 Å². The lowest BCUT2D eigenvalue weighted by molar-refractivity contribution is -0.175. The Kier molecular flexibility index (Phi) is 5.82. The molecule has 2 rings (SSSR count). The summed E-state index contributed by atoms with van der Waals surface area (Å²) in [6.45, 7) is 2.20. The van der Waals surface area contributed by atoms with Crippen molar-refractivity contribution in [1.29, 1.82) is 0 Å². The summed E-state index contributed by atoms with van der Waals surface area (Å²) in [5.41, 5.74) is 1.32. The third kappa shape index (κ3) is 5.26. The molecule has 1 aromatic heterocycles. The standard InChI is InChI=1S/C14H19F3N2O2S/c1-10(6-18-13(20)8-21-9-14(15,16)17)19-4-2-12-11(7-19)3-5-22-12/h3,5,10H,2,4,6-9H2,1H3,(H,18,20)/t10-/m0/s1. The van der Waals surface area contributed by atoms with Gasteiger partial charge in [-0.3, -0.25) is 9.69 Å². The van der Waals surface area contributed by atoms with Crippen LogP contribution in [0.3, 0.4) is 0 Å². The number of thiophene rings is 1. The molecule has 0 aromatic carbocycles.